The van der Waals surface area contributed by atoms with Crippen molar-refractivity contribution in [2.75, 3.05) is 6.54 Å². The molecule has 5 heteroatoms. The molecule has 0 aliphatic rings. The molecule has 1 rings (SSSR count). The van der Waals surface area contributed by atoms with Gasteiger partial charge in [0.1, 0.15) is 11.2 Å². The highest BCUT2D eigenvalue weighted by atomic mass is 16.6. The highest BCUT2D eigenvalue weighted by Crippen LogP contribution is 2.28. The van der Waals surface area contributed by atoms with E-state index in [0.717, 1.165) is 0 Å². The summed E-state index contributed by atoms with van der Waals surface area (Å²) in [5.41, 5.74) is 4.56. The zero-order valence-electron chi connectivity index (χ0n) is 14.1. The van der Waals surface area contributed by atoms with E-state index >= 15 is 0 Å². The summed E-state index contributed by atoms with van der Waals surface area (Å²) in [6.07, 6.45) is -0.561. The van der Waals surface area contributed by atoms with Gasteiger partial charge in [-0.3, -0.25) is 0 Å². The van der Waals surface area contributed by atoms with E-state index in [2.05, 4.69) is 5.32 Å². The Bertz CT molecular complexity index is 482. The second-order valence-electron chi connectivity index (χ2n) is 6.86. The molecule has 0 heterocycles. The molecule has 22 heavy (non-hydrogen) atoms. The van der Waals surface area contributed by atoms with Gasteiger partial charge in [0.2, 0.25) is 0 Å². The van der Waals surface area contributed by atoms with Gasteiger partial charge in [-0.25, -0.2) is 4.79 Å². The van der Waals surface area contributed by atoms with Gasteiger partial charge in [0.15, 0.2) is 0 Å². The van der Waals surface area contributed by atoms with Crippen LogP contribution < -0.4 is 11.1 Å². The lowest BCUT2D eigenvalue weighted by atomic mass is 9.80. The van der Waals surface area contributed by atoms with Gasteiger partial charge in [0.05, 0.1) is 6.04 Å². The fourth-order valence-corrected chi connectivity index (χ4v) is 2.42. The summed E-state index contributed by atoms with van der Waals surface area (Å²) in [5, 5.41) is 13.8. The average molecular weight is 308 g/mol. The van der Waals surface area contributed by atoms with Gasteiger partial charge >= 0.3 is 6.09 Å². The maximum absolute atomic E-state index is 12.1. The van der Waals surface area contributed by atoms with Crippen molar-refractivity contribution in [1.82, 2.24) is 5.32 Å². The molecule has 0 saturated carbocycles. The Morgan fingerprint density at radius 2 is 1.82 bits per heavy atom. The highest BCUT2D eigenvalue weighted by Gasteiger charge is 2.40. The van der Waals surface area contributed by atoms with Crippen molar-refractivity contribution in [3.8, 4) is 0 Å². The molecule has 2 atom stereocenters. The van der Waals surface area contributed by atoms with Crippen LogP contribution in [0.25, 0.3) is 0 Å². The third kappa shape index (κ3) is 4.71. The summed E-state index contributed by atoms with van der Waals surface area (Å²) in [6, 6.07) is 8.58. The van der Waals surface area contributed by atoms with Gasteiger partial charge in [0, 0.05) is 6.54 Å². The van der Waals surface area contributed by atoms with E-state index in [4.69, 9.17) is 10.5 Å². The van der Waals surface area contributed by atoms with Crippen LogP contribution in [0.15, 0.2) is 30.3 Å². The summed E-state index contributed by atoms with van der Waals surface area (Å²) >= 11 is 0. The number of carbonyl (C=O) groups excluding carboxylic acids is 1. The molecule has 1 aromatic rings. The maximum atomic E-state index is 12.1. The quantitative estimate of drug-likeness (QED) is 0.779. The van der Waals surface area contributed by atoms with E-state index < -0.39 is 23.3 Å². The minimum Gasteiger partial charge on any atom is -0.444 e. The zero-order valence-corrected chi connectivity index (χ0v) is 14.1. The van der Waals surface area contributed by atoms with Crippen molar-refractivity contribution >= 4 is 6.09 Å². The first-order valence-electron chi connectivity index (χ1n) is 7.57. The number of ether oxygens (including phenoxy) is 1. The Balaban J connectivity index is 3.05. The third-order valence-corrected chi connectivity index (χ3v) is 3.44. The number of nitrogens with one attached hydrogen (secondary N) is 1. The molecule has 0 aliphatic carbocycles. The molecule has 0 spiro atoms. The summed E-state index contributed by atoms with van der Waals surface area (Å²) in [4.78, 5) is 12.1. The highest BCUT2D eigenvalue weighted by molar-refractivity contribution is 5.68. The number of amides is 1. The predicted octanol–water partition coefficient (Wildman–Crippen LogP) is 2.38. The van der Waals surface area contributed by atoms with Crippen molar-refractivity contribution in [3.63, 3.8) is 0 Å². The standard InChI is InChI=1S/C17H28N2O3/c1-12(2)14(19-15(20)22-16(3,4)5)17(21,11-18)13-9-7-6-8-10-13/h6-10,12,14,21H,11,18H2,1-5H3,(H,19,20)/t14-,17+/m0/s1. The molecule has 124 valence electrons. The van der Waals surface area contributed by atoms with Crippen LogP contribution in [0.3, 0.4) is 0 Å². The second kappa shape index (κ2) is 7.11. The van der Waals surface area contributed by atoms with Crippen molar-refractivity contribution in [2.45, 2.75) is 51.9 Å². The number of alkyl carbamates (subject to hydrolysis) is 1. The monoisotopic (exact) mass is 308 g/mol. The number of hydrogen-bond donors (Lipinski definition) is 3. The third-order valence-electron chi connectivity index (χ3n) is 3.44. The van der Waals surface area contributed by atoms with Crippen molar-refractivity contribution in [2.24, 2.45) is 11.7 Å². The molecule has 1 aromatic carbocycles. The van der Waals surface area contributed by atoms with Crippen LogP contribution in [0.1, 0.15) is 40.2 Å². The molecular formula is C17H28N2O3. The molecule has 0 fully saturated rings. The first kappa shape index (κ1) is 18.5. The first-order chi connectivity index (χ1) is 10.1. The number of rotatable bonds is 5. The summed E-state index contributed by atoms with van der Waals surface area (Å²) in [6.45, 7) is 9.22. The molecule has 5 nitrogen and oxygen atoms in total. The summed E-state index contributed by atoms with van der Waals surface area (Å²) < 4.78 is 5.29. The maximum Gasteiger partial charge on any atom is 0.407 e. The molecule has 4 N–H and O–H groups in total. The lowest BCUT2D eigenvalue weighted by molar-refractivity contribution is -0.0186. The van der Waals surface area contributed by atoms with E-state index in [-0.39, 0.29) is 12.5 Å². The minimum atomic E-state index is -1.35. The molecule has 0 bridgehead atoms. The molecule has 0 saturated heterocycles. The first-order valence-corrected chi connectivity index (χ1v) is 7.57. The smallest absolute Gasteiger partial charge is 0.407 e. The number of aliphatic hydroxyl groups is 1. The van der Waals surface area contributed by atoms with E-state index in [1.54, 1.807) is 32.9 Å². The fourth-order valence-electron chi connectivity index (χ4n) is 2.42. The van der Waals surface area contributed by atoms with Crippen LogP contribution in [0.4, 0.5) is 4.79 Å². The number of hydrogen-bond acceptors (Lipinski definition) is 4. The second-order valence-corrected chi connectivity index (χ2v) is 6.86. The normalized spacial score (nSPS) is 16.0. The predicted molar refractivity (Wildman–Crippen MR) is 87.4 cm³/mol. The number of benzene rings is 1. The van der Waals surface area contributed by atoms with Crippen LogP contribution in [0, 0.1) is 5.92 Å². The molecular weight excluding hydrogens is 280 g/mol. The lowest BCUT2D eigenvalue weighted by Gasteiger charge is -2.39. The minimum absolute atomic E-state index is 0.00431. The van der Waals surface area contributed by atoms with E-state index in [0.29, 0.717) is 5.56 Å². The largest absolute Gasteiger partial charge is 0.444 e. The van der Waals surface area contributed by atoms with Crippen LogP contribution in [0.5, 0.6) is 0 Å². The lowest BCUT2D eigenvalue weighted by Crippen LogP contribution is -2.57. The zero-order chi connectivity index (χ0) is 17.0. The van der Waals surface area contributed by atoms with Crippen LogP contribution in [-0.4, -0.2) is 29.4 Å². The van der Waals surface area contributed by atoms with Gasteiger partial charge in [-0.15, -0.1) is 0 Å². The molecule has 0 radical (unpaired) electrons. The van der Waals surface area contributed by atoms with Gasteiger partial charge in [-0.2, -0.15) is 0 Å². The van der Waals surface area contributed by atoms with Crippen LogP contribution in [-0.2, 0) is 10.3 Å². The Hall–Kier alpha value is -1.59. The Morgan fingerprint density at radius 1 is 1.27 bits per heavy atom. The van der Waals surface area contributed by atoms with Crippen molar-refractivity contribution in [3.05, 3.63) is 35.9 Å². The van der Waals surface area contributed by atoms with Gasteiger partial charge < -0.3 is 20.9 Å². The topological polar surface area (TPSA) is 84.6 Å². The van der Waals surface area contributed by atoms with Crippen LogP contribution in [0.2, 0.25) is 0 Å². The van der Waals surface area contributed by atoms with E-state index in [9.17, 15) is 9.90 Å². The van der Waals surface area contributed by atoms with Gasteiger partial charge in [-0.05, 0) is 32.3 Å². The number of nitrogens with two attached hydrogens (primary N) is 1. The SMILES string of the molecule is CC(C)[C@H](NC(=O)OC(C)(C)C)[C@@](O)(CN)c1ccccc1. The molecule has 0 aliphatic heterocycles. The van der Waals surface area contributed by atoms with Gasteiger partial charge in [0.25, 0.3) is 0 Å². The van der Waals surface area contributed by atoms with Crippen LogP contribution >= 0.6 is 0 Å². The molecule has 0 unspecified atom stereocenters. The Morgan fingerprint density at radius 3 is 2.23 bits per heavy atom. The van der Waals surface area contributed by atoms with E-state index in [1.165, 1.54) is 0 Å². The van der Waals surface area contributed by atoms with Crippen molar-refractivity contribution in [1.29, 1.82) is 0 Å². The average Bonchev–Trinajstić information content (AvgIpc) is 2.43. The van der Waals surface area contributed by atoms with Gasteiger partial charge in [-0.1, -0.05) is 44.2 Å². The summed E-state index contributed by atoms with van der Waals surface area (Å²) in [5.74, 6) is -0.0266. The Kier molecular flexibility index (Phi) is 5.97. The summed E-state index contributed by atoms with van der Waals surface area (Å²) in [7, 11) is 0. The van der Waals surface area contributed by atoms with Crippen molar-refractivity contribution < 1.29 is 14.6 Å². The van der Waals surface area contributed by atoms with E-state index in [1.807, 2.05) is 32.0 Å². The number of carbonyl (C=O) groups is 1. The molecule has 1 amide bonds. The molecule has 0 aromatic heterocycles. The fraction of sp³-hybridized carbons (Fsp3) is 0.588. The Labute approximate surface area is 132 Å².